The second-order valence-electron chi connectivity index (χ2n) is 8.79. The minimum absolute atomic E-state index is 0.00788. The molecule has 1 aromatic carbocycles. The first-order valence-corrected chi connectivity index (χ1v) is 11.9. The summed E-state index contributed by atoms with van der Waals surface area (Å²) in [6.07, 6.45) is 14.0. The molecule has 0 saturated carbocycles. The second kappa shape index (κ2) is 12.7. The highest BCUT2D eigenvalue weighted by molar-refractivity contribution is 7.98. The van der Waals surface area contributed by atoms with Gasteiger partial charge in [-0.05, 0) is 41.2 Å². The van der Waals surface area contributed by atoms with Crippen LogP contribution in [0.1, 0.15) is 109 Å². The fourth-order valence-electron chi connectivity index (χ4n) is 3.39. The molecule has 0 aliphatic heterocycles. The molecule has 0 aliphatic carbocycles. The van der Waals surface area contributed by atoms with Gasteiger partial charge in [0.25, 0.3) is 0 Å². The maximum Gasteiger partial charge on any atom is 0.122 e. The van der Waals surface area contributed by atoms with Crippen LogP contribution in [0.4, 0.5) is 0 Å². The summed E-state index contributed by atoms with van der Waals surface area (Å²) in [5.41, 5.74) is 3.42. The molecular weight excluding hydrogens is 336 g/mol. The maximum absolute atomic E-state index is 10.3. The summed E-state index contributed by atoms with van der Waals surface area (Å²) in [7, 11) is 0. The smallest absolute Gasteiger partial charge is 0.122 e. The van der Waals surface area contributed by atoms with Crippen molar-refractivity contribution in [2.45, 2.75) is 110 Å². The first-order valence-electron chi connectivity index (χ1n) is 10.8. The van der Waals surface area contributed by atoms with Gasteiger partial charge in [-0.3, -0.25) is 0 Å². The van der Waals surface area contributed by atoms with E-state index < -0.39 is 0 Å². The second-order valence-corrected chi connectivity index (χ2v) is 9.90. The molecule has 0 fully saturated rings. The van der Waals surface area contributed by atoms with Crippen molar-refractivity contribution in [3.63, 3.8) is 0 Å². The van der Waals surface area contributed by atoms with Gasteiger partial charge in [-0.25, -0.2) is 0 Å². The zero-order chi connectivity index (χ0) is 19.4. The van der Waals surface area contributed by atoms with Crippen LogP contribution in [0.25, 0.3) is 0 Å². The number of phenolic OH excluding ortho intramolecular Hbond substituents is 1. The molecule has 1 rings (SSSR count). The first-order chi connectivity index (χ1) is 12.4. The molecule has 0 unspecified atom stereocenters. The molecule has 0 aromatic heterocycles. The van der Waals surface area contributed by atoms with Gasteiger partial charge in [0, 0.05) is 5.75 Å². The molecule has 0 bridgehead atoms. The van der Waals surface area contributed by atoms with Crippen LogP contribution in [0, 0.1) is 6.92 Å². The van der Waals surface area contributed by atoms with Crippen LogP contribution >= 0.6 is 11.8 Å². The molecule has 0 amide bonds. The van der Waals surface area contributed by atoms with Crippen LogP contribution in [-0.4, -0.2) is 10.9 Å². The van der Waals surface area contributed by atoms with Crippen molar-refractivity contribution < 1.29 is 5.11 Å². The van der Waals surface area contributed by atoms with Gasteiger partial charge in [0.15, 0.2) is 0 Å². The monoisotopic (exact) mass is 378 g/mol. The summed E-state index contributed by atoms with van der Waals surface area (Å²) in [6.45, 7) is 10.8. The molecule has 1 aromatic rings. The Morgan fingerprint density at radius 3 is 1.92 bits per heavy atom. The van der Waals surface area contributed by atoms with E-state index in [2.05, 4.69) is 39.8 Å². The van der Waals surface area contributed by atoms with Crippen molar-refractivity contribution in [1.82, 2.24) is 0 Å². The topological polar surface area (TPSA) is 20.2 Å². The lowest BCUT2D eigenvalue weighted by atomic mass is 9.84. The van der Waals surface area contributed by atoms with E-state index in [1.807, 2.05) is 18.7 Å². The van der Waals surface area contributed by atoms with Crippen LogP contribution in [0.15, 0.2) is 12.1 Å². The van der Waals surface area contributed by atoms with E-state index in [-0.39, 0.29) is 5.41 Å². The third-order valence-corrected chi connectivity index (χ3v) is 6.19. The number of unbranched alkanes of at least 4 members (excludes halogenated alkanes) is 9. The molecule has 0 aliphatic rings. The number of aromatic hydroxyl groups is 1. The molecule has 0 atom stereocenters. The number of rotatable bonds is 13. The van der Waals surface area contributed by atoms with E-state index in [1.54, 1.807) is 0 Å². The average Bonchev–Trinajstić information content (AvgIpc) is 2.57. The standard InChI is InChI=1S/C24H42OS/c1-6-7-8-9-10-11-12-13-14-15-16-26-19-21-17-20(2)23(25)22(18-21)24(3,4)5/h17-18,25H,6-16,19H2,1-5H3. The van der Waals surface area contributed by atoms with E-state index in [0.29, 0.717) is 5.75 Å². The lowest BCUT2D eigenvalue weighted by Gasteiger charge is -2.22. The Labute approximate surface area is 167 Å². The van der Waals surface area contributed by atoms with Crippen molar-refractivity contribution in [2.24, 2.45) is 0 Å². The molecule has 0 spiro atoms. The summed E-state index contributed by atoms with van der Waals surface area (Å²) in [5, 5.41) is 10.3. The van der Waals surface area contributed by atoms with Gasteiger partial charge in [-0.1, -0.05) is 97.6 Å². The lowest BCUT2D eigenvalue weighted by Crippen LogP contribution is -2.12. The quantitative estimate of drug-likeness (QED) is 0.349. The lowest BCUT2D eigenvalue weighted by molar-refractivity contribution is 0.442. The summed E-state index contributed by atoms with van der Waals surface area (Å²) >= 11 is 2.04. The highest BCUT2D eigenvalue weighted by Gasteiger charge is 2.20. The number of hydrogen-bond acceptors (Lipinski definition) is 2. The summed E-state index contributed by atoms with van der Waals surface area (Å²) < 4.78 is 0. The third kappa shape index (κ3) is 9.35. The van der Waals surface area contributed by atoms with Crippen molar-refractivity contribution in [3.05, 3.63) is 28.8 Å². The van der Waals surface area contributed by atoms with E-state index in [0.717, 1.165) is 16.9 Å². The molecule has 1 N–H and O–H groups in total. The summed E-state index contributed by atoms with van der Waals surface area (Å²) in [6, 6.07) is 4.35. The van der Waals surface area contributed by atoms with Gasteiger partial charge in [0.05, 0.1) is 0 Å². The minimum atomic E-state index is -0.00788. The van der Waals surface area contributed by atoms with Crippen molar-refractivity contribution in [2.75, 3.05) is 5.75 Å². The van der Waals surface area contributed by atoms with Gasteiger partial charge in [-0.2, -0.15) is 11.8 Å². The Morgan fingerprint density at radius 2 is 1.38 bits per heavy atom. The van der Waals surface area contributed by atoms with E-state index in [1.165, 1.54) is 75.5 Å². The van der Waals surface area contributed by atoms with Gasteiger partial charge >= 0.3 is 0 Å². The maximum atomic E-state index is 10.3. The SMILES string of the molecule is CCCCCCCCCCCCSCc1cc(C)c(O)c(C(C)(C)C)c1. The molecule has 1 nitrogen and oxygen atoms in total. The molecule has 26 heavy (non-hydrogen) atoms. The minimum Gasteiger partial charge on any atom is -0.507 e. The summed E-state index contributed by atoms with van der Waals surface area (Å²) in [4.78, 5) is 0. The highest BCUT2D eigenvalue weighted by Crippen LogP contribution is 2.35. The first kappa shape index (κ1) is 23.4. The number of hydrogen-bond donors (Lipinski definition) is 1. The zero-order valence-corrected chi connectivity index (χ0v) is 18.8. The predicted molar refractivity (Wildman–Crippen MR) is 120 cm³/mol. The highest BCUT2D eigenvalue weighted by atomic mass is 32.2. The van der Waals surface area contributed by atoms with Crippen LogP contribution < -0.4 is 0 Å². The number of thioether (sulfide) groups is 1. The molecule has 150 valence electrons. The van der Waals surface area contributed by atoms with Crippen molar-refractivity contribution in [3.8, 4) is 5.75 Å². The molecule has 0 heterocycles. The molecule has 0 radical (unpaired) electrons. The van der Waals surface area contributed by atoms with Crippen LogP contribution in [0.5, 0.6) is 5.75 Å². The normalized spacial score (nSPS) is 11.9. The van der Waals surface area contributed by atoms with E-state index >= 15 is 0 Å². The number of phenols is 1. The van der Waals surface area contributed by atoms with Gasteiger partial charge in [0.2, 0.25) is 0 Å². The predicted octanol–water partition coefficient (Wildman–Crippen LogP) is 8.15. The van der Waals surface area contributed by atoms with Gasteiger partial charge < -0.3 is 5.11 Å². The third-order valence-electron chi connectivity index (χ3n) is 5.08. The van der Waals surface area contributed by atoms with E-state index in [9.17, 15) is 5.11 Å². The number of aryl methyl sites for hydroxylation is 1. The Hall–Kier alpha value is -0.630. The van der Waals surface area contributed by atoms with Crippen LogP contribution in [0.2, 0.25) is 0 Å². The Kier molecular flexibility index (Phi) is 11.4. The largest absolute Gasteiger partial charge is 0.507 e. The van der Waals surface area contributed by atoms with Crippen LogP contribution in [0.3, 0.4) is 0 Å². The van der Waals surface area contributed by atoms with Crippen molar-refractivity contribution in [1.29, 1.82) is 0 Å². The van der Waals surface area contributed by atoms with E-state index in [4.69, 9.17) is 0 Å². The Balaban J connectivity index is 2.16. The van der Waals surface area contributed by atoms with Crippen LogP contribution in [-0.2, 0) is 11.2 Å². The Bertz CT molecular complexity index is 502. The average molecular weight is 379 g/mol. The fourth-order valence-corrected chi connectivity index (χ4v) is 4.35. The Morgan fingerprint density at radius 1 is 0.846 bits per heavy atom. The molecule has 0 saturated heterocycles. The van der Waals surface area contributed by atoms with Gasteiger partial charge in [0.1, 0.15) is 5.75 Å². The van der Waals surface area contributed by atoms with Crippen molar-refractivity contribution >= 4 is 11.8 Å². The molecular formula is C24H42OS. The molecule has 2 heteroatoms. The number of benzene rings is 1. The fraction of sp³-hybridized carbons (Fsp3) is 0.750. The zero-order valence-electron chi connectivity index (χ0n) is 18.0. The van der Waals surface area contributed by atoms with Gasteiger partial charge in [-0.15, -0.1) is 0 Å². The summed E-state index contributed by atoms with van der Waals surface area (Å²) in [5.74, 6) is 2.78.